The Kier molecular flexibility index (Phi) is 7.86. The topological polar surface area (TPSA) is 173 Å². The number of rotatable bonds is 7. The molecule has 0 spiro atoms. The van der Waals surface area contributed by atoms with E-state index in [1.165, 1.54) is 11.6 Å². The fourth-order valence-corrected chi connectivity index (χ4v) is 7.62. The van der Waals surface area contributed by atoms with E-state index in [0.29, 0.717) is 12.1 Å². The van der Waals surface area contributed by atoms with Crippen molar-refractivity contribution in [1.82, 2.24) is 10.2 Å². The zero-order valence-corrected chi connectivity index (χ0v) is 25.1. The summed E-state index contributed by atoms with van der Waals surface area (Å²) in [6.07, 6.45) is -1.22. The molecule has 3 aliphatic rings. The molecule has 0 radical (unpaired) electrons. The summed E-state index contributed by atoms with van der Waals surface area (Å²) in [7, 11) is 3.26. The lowest BCUT2D eigenvalue weighted by Crippen LogP contribution is -2.73. The summed E-state index contributed by atoms with van der Waals surface area (Å²) >= 11 is 0. The number of benzene rings is 3. The Hall–Kier alpha value is -4.35. The number of aliphatic hydroxyl groups is 3. The number of amides is 1. The zero-order chi connectivity index (χ0) is 32.2. The van der Waals surface area contributed by atoms with Crippen molar-refractivity contribution in [3.8, 4) is 16.9 Å². The largest absolute Gasteiger partial charge is 0.507 e. The van der Waals surface area contributed by atoms with Gasteiger partial charge in [0.15, 0.2) is 11.4 Å². The van der Waals surface area contributed by atoms with E-state index in [9.17, 15) is 34.8 Å². The lowest BCUT2D eigenvalue weighted by molar-refractivity contribution is -0.184. The number of phenols is 1. The lowest BCUT2D eigenvalue weighted by Gasteiger charge is -2.53. The van der Waals surface area contributed by atoms with E-state index in [0.717, 1.165) is 23.2 Å². The molecule has 2 saturated carbocycles. The SMILES string of the molecule is CN(C)[C@H]1C(O)C(C(N)=O)C(=O)[C@]2(O)C(=O)C3=C(O)c4c(O)ccc(-c5ccc(CNCc6ccccc6)cc5)c4C[C@@H]3C[C@H]12. The Balaban J connectivity index is 1.35. The van der Waals surface area contributed by atoms with Gasteiger partial charge in [0.25, 0.3) is 0 Å². The molecule has 2 fully saturated rings. The van der Waals surface area contributed by atoms with Crippen LogP contribution in [0.4, 0.5) is 0 Å². The van der Waals surface area contributed by atoms with Crippen LogP contribution in [0.5, 0.6) is 5.75 Å². The van der Waals surface area contributed by atoms with Crippen molar-refractivity contribution in [3.63, 3.8) is 0 Å². The Bertz CT molecular complexity index is 1700. The van der Waals surface area contributed by atoms with Crippen LogP contribution in [0.1, 0.15) is 28.7 Å². The quantitative estimate of drug-likeness (QED) is 0.219. The summed E-state index contributed by atoms with van der Waals surface area (Å²) in [6.45, 7) is 1.40. The van der Waals surface area contributed by atoms with E-state index in [1.54, 1.807) is 25.1 Å². The molecule has 3 aromatic carbocycles. The molecule has 0 heterocycles. The van der Waals surface area contributed by atoms with Crippen LogP contribution >= 0.6 is 0 Å². The molecule has 6 atom stereocenters. The third-order valence-electron chi connectivity index (χ3n) is 9.74. The third-order valence-corrected chi connectivity index (χ3v) is 9.74. The first kappa shape index (κ1) is 30.7. The molecule has 10 nitrogen and oxygen atoms in total. The number of ketones is 2. The van der Waals surface area contributed by atoms with Gasteiger partial charge in [-0.05, 0) is 66.7 Å². The predicted octanol–water partition coefficient (Wildman–Crippen LogP) is 2.09. The maximum atomic E-state index is 14.0. The van der Waals surface area contributed by atoms with E-state index in [2.05, 4.69) is 17.4 Å². The van der Waals surface area contributed by atoms with Gasteiger partial charge in [-0.3, -0.25) is 14.4 Å². The molecular weight excluding hydrogens is 574 g/mol. The number of hydrogen-bond donors (Lipinski definition) is 6. The number of nitrogens with one attached hydrogen (secondary N) is 1. The molecule has 3 aliphatic carbocycles. The van der Waals surface area contributed by atoms with Gasteiger partial charge in [-0.1, -0.05) is 60.7 Å². The van der Waals surface area contributed by atoms with E-state index in [1.807, 2.05) is 42.5 Å². The van der Waals surface area contributed by atoms with E-state index in [-0.39, 0.29) is 29.7 Å². The summed E-state index contributed by atoms with van der Waals surface area (Å²) in [5.74, 6) is -7.57. The molecule has 0 aliphatic heterocycles. The molecular formula is C35H37N3O7. The minimum absolute atomic E-state index is 0.0688. The van der Waals surface area contributed by atoms with E-state index in [4.69, 9.17) is 5.73 Å². The number of hydrogen-bond acceptors (Lipinski definition) is 9. The monoisotopic (exact) mass is 611 g/mol. The van der Waals surface area contributed by atoms with Crippen molar-refractivity contribution in [2.75, 3.05) is 14.1 Å². The average Bonchev–Trinajstić information content (AvgIpc) is 3.00. The van der Waals surface area contributed by atoms with Gasteiger partial charge in [0.05, 0.1) is 11.7 Å². The summed E-state index contributed by atoms with van der Waals surface area (Å²) < 4.78 is 0. The number of aromatic hydroxyl groups is 1. The Labute approximate surface area is 260 Å². The van der Waals surface area contributed by atoms with Crippen molar-refractivity contribution in [3.05, 3.63) is 94.6 Å². The first-order chi connectivity index (χ1) is 21.4. The zero-order valence-electron chi connectivity index (χ0n) is 25.1. The fraction of sp³-hybridized carbons (Fsp3) is 0.343. The third kappa shape index (κ3) is 4.94. The molecule has 0 bridgehead atoms. The highest BCUT2D eigenvalue weighted by atomic mass is 16.3. The van der Waals surface area contributed by atoms with Gasteiger partial charge in [-0.25, -0.2) is 0 Å². The molecule has 3 aromatic rings. The number of Topliss-reactive ketones (excluding diaryl/α,β-unsaturated/α-hetero) is 2. The van der Waals surface area contributed by atoms with Crippen LogP contribution in [0.15, 0.2) is 72.3 Å². The van der Waals surface area contributed by atoms with Crippen LogP contribution in [0.3, 0.4) is 0 Å². The van der Waals surface area contributed by atoms with Crippen molar-refractivity contribution >= 4 is 23.2 Å². The molecule has 1 amide bonds. The van der Waals surface area contributed by atoms with Crippen LogP contribution in [0.2, 0.25) is 0 Å². The predicted molar refractivity (Wildman–Crippen MR) is 167 cm³/mol. The summed E-state index contributed by atoms with van der Waals surface area (Å²) in [5.41, 5.74) is 7.19. The lowest BCUT2D eigenvalue weighted by atomic mass is 9.54. The maximum Gasteiger partial charge on any atom is 0.230 e. The van der Waals surface area contributed by atoms with Crippen LogP contribution in [-0.4, -0.2) is 74.6 Å². The highest BCUT2D eigenvalue weighted by Gasteiger charge is 2.67. The van der Waals surface area contributed by atoms with Gasteiger partial charge in [0.2, 0.25) is 11.7 Å². The number of phenolic OH excluding ortho intramolecular Hbond substituents is 1. The molecule has 10 heteroatoms. The summed E-state index contributed by atoms with van der Waals surface area (Å²) in [5, 5.41) is 48.7. The number of carbonyl (C=O) groups is 3. The maximum absolute atomic E-state index is 14.0. The smallest absolute Gasteiger partial charge is 0.230 e. The number of likely N-dealkylation sites (N-methyl/N-ethyl adjacent to an activating group) is 1. The van der Waals surface area contributed by atoms with E-state index < -0.39 is 58.7 Å². The minimum atomic E-state index is -2.68. The summed E-state index contributed by atoms with van der Waals surface area (Å²) in [6, 6.07) is 20.3. The van der Waals surface area contributed by atoms with Gasteiger partial charge in [0, 0.05) is 30.6 Å². The number of aliphatic hydroxyl groups excluding tert-OH is 2. The number of fused-ring (bicyclic) bond motifs is 3. The molecule has 2 unspecified atom stereocenters. The Morgan fingerprint density at radius 1 is 0.978 bits per heavy atom. The van der Waals surface area contributed by atoms with Gasteiger partial charge >= 0.3 is 0 Å². The van der Waals surface area contributed by atoms with Crippen molar-refractivity contribution in [2.24, 2.45) is 23.5 Å². The second-order valence-electron chi connectivity index (χ2n) is 12.6. The molecule has 234 valence electrons. The van der Waals surface area contributed by atoms with Gasteiger partial charge in [-0.15, -0.1) is 0 Å². The van der Waals surface area contributed by atoms with Crippen molar-refractivity contribution in [2.45, 2.75) is 43.7 Å². The standard InChI is InChI=1S/C35H37N3O7/c1-38(2)29-24-15-21-14-23-22(20-10-8-19(9-11-20)17-37-16-18-6-4-3-5-7-18)12-13-25(39)27(23)30(40)26(21)32(42)35(24,45)33(43)28(31(29)41)34(36)44/h3-13,21,24,28-29,31,37,39-41,45H,14-17H2,1-2H3,(H2,36,44)/t21-,24-,28?,29-,31?,35-/m1/s1. The van der Waals surface area contributed by atoms with Crippen molar-refractivity contribution < 1.29 is 34.8 Å². The van der Waals surface area contributed by atoms with Crippen LogP contribution in [0.25, 0.3) is 16.9 Å². The van der Waals surface area contributed by atoms with Crippen LogP contribution in [0, 0.1) is 17.8 Å². The highest BCUT2D eigenvalue weighted by Crippen LogP contribution is 2.53. The average molecular weight is 612 g/mol. The second kappa shape index (κ2) is 11.5. The molecule has 0 saturated heterocycles. The number of carbonyl (C=O) groups excluding carboxylic acids is 3. The highest BCUT2D eigenvalue weighted by molar-refractivity contribution is 6.25. The van der Waals surface area contributed by atoms with Gasteiger partial charge in [-0.2, -0.15) is 0 Å². The molecule has 0 aromatic heterocycles. The molecule has 7 N–H and O–H groups in total. The van der Waals surface area contributed by atoms with Crippen molar-refractivity contribution in [1.29, 1.82) is 0 Å². The Morgan fingerprint density at radius 3 is 2.24 bits per heavy atom. The Morgan fingerprint density at radius 2 is 1.62 bits per heavy atom. The normalized spacial score (nSPS) is 27.6. The van der Waals surface area contributed by atoms with E-state index >= 15 is 0 Å². The number of primary amides is 1. The second-order valence-corrected chi connectivity index (χ2v) is 12.6. The minimum Gasteiger partial charge on any atom is -0.507 e. The van der Waals surface area contributed by atoms with Crippen LogP contribution in [-0.2, 0) is 33.9 Å². The van der Waals surface area contributed by atoms with Crippen LogP contribution < -0.4 is 11.1 Å². The number of nitrogens with zero attached hydrogens (tertiary/aromatic N) is 1. The summed E-state index contributed by atoms with van der Waals surface area (Å²) in [4.78, 5) is 41.4. The van der Waals surface area contributed by atoms with Gasteiger partial charge < -0.3 is 36.4 Å². The van der Waals surface area contributed by atoms with Gasteiger partial charge in [0.1, 0.15) is 17.4 Å². The molecule has 45 heavy (non-hydrogen) atoms. The number of nitrogens with two attached hydrogens (primary N) is 1. The fourth-order valence-electron chi connectivity index (χ4n) is 7.62. The molecule has 6 rings (SSSR count). The first-order valence-electron chi connectivity index (χ1n) is 15.0. The first-order valence-corrected chi connectivity index (χ1v) is 15.0.